The molecule has 0 atom stereocenters. The molecule has 0 saturated heterocycles. The third kappa shape index (κ3) is 6.14. The second-order valence-corrected chi connectivity index (χ2v) is 10.1. The molecule has 0 saturated carbocycles. The van der Waals surface area contributed by atoms with Crippen LogP contribution in [-0.4, -0.2) is 68.9 Å². The molecule has 0 N–H and O–H groups in total. The Bertz CT molecular complexity index is 859. The van der Waals surface area contributed by atoms with E-state index in [0.29, 0.717) is 17.1 Å². The van der Waals surface area contributed by atoms with Gasteiger partial charge in [0.25, 0.3) is 0 Å². The highest BCUT2D eigenvalue weighted by atomic mass is 32.2. The maximum atomic E-state index is 13.4. The molecule has 0 aliphatic rings. The zero-order valence-electron chi connectivity index (χ0n) is 16.8. The van der Waals surface area contributed by atoms with Gasteiger partial charge in [-0.25, -0.2) is 0 Å². The molecule has 0 amide bonds. The van der Waals surface area contributed by atoms with Gasteiger partial charge in [0.1, 0.15) is 8.64 Å². The molecule has 150 valence electrons. The summed E-state index contributed by atoms with van der Waals surface area (Å²) >= 11 is 13.8. The van der Waals surface area contributed by atoms with E-state index < -0.39 is 0 Å². The molecule has 28 heavy (non-hydrogen) atoms. The largest absolute Gasteiger partial charge is 0.364 e. The highest BCUT2D eigenvalue weighted by molar-refractivity contribution is 8.23. The Morgan fingerprint density at radius 3 is 2.11 bits per heavy atom. The number of thioether (sulfide) groups is 2. The van der Waals surface area contributed by atoms with E-state index >= 15 is 0 Å². The summed E-state index contributed by atoms with van der Waals surface area (Å²) in [6.45, 7) is 1.89. The zero-order valence-corrected chi connectivity index (χ0v) is 20.0. The maximum Gasteiger partial charge on any atom is 0.169 e. The topological polar surface area (TPSA) is 36.4 Å². The normalized spacial score (nSPS) is 10.9. The highest BCUT2D eigenvalue weighted by Crippen LogP contribution is 2.25. The summed E-state index contributed by atoms with van der Waals surface area (Å²) in [5.74, 6) is 1.13. The van der Waals surface area contributed by atoms with Gasteiger partial charge in [0.2, 0.25) is 0 Å². The second-order valence-electron chi connectivity index (χ2n) is 6.82. The highest BCUT2D eigenvalue weighted by Gasteiger charge is 2.24. The van der Waals surface area contributed by atoms with E-state index in [2.05, 4.69) is 4.98 Å². The lowest BCUT2D eigenvalue weighted by atomic mass is 9.98. The van der Waals surface area contributed by atoms with Gasteiger partial charge in [-0.2, -0.15) is 0 Å². The third-order valence-electron chi connectivity index (χ3n) is 4.10. The fourth-order valence-corrected chi connectivity index (χ4v) is 4.78. The summed E-state index contributed by atoms with van der Waals surface area (Å²) < 4.78 is 1.54. The number of hydrogen-bond acceptors (Lipinski definition) is 6. The van der Waals surface area contributed by atoms with Crippen LogP contribution in [0.5, 0.6) is 0 Å². The maximum absolute atomic E-state index is 13.4. The van der Waals surface area contributed by atoms with E-state index in [9.17, 15) is 4.79 Å². The first-order valence-electron chi connectivity index (χ1n) is 8.79. The van der Waals surface area contributed by atoms with Crippen molar-refractivity contribution in [1.82, 2.24) is 14.8 Å². The molecule has 8 heteroatoms. The molecule has 0 aliphatic heterocycles. The number of carbonyl (C=O) groups excluding carboxylic acids is 1. The minimum Gasteiger partial charge on any atom is -0.364 e. The molecule has 0 aliphatic carbocycles. The van der Waals surface area contributed by atoms with Gasteiger partial charge >= 0.3 is 0 Å². The molecular weight excluding hydrogens is 427 g/mol. The number of ketones is 1. The molecule has 0 unspecified atom stereocenters. The number of carbonyl (C=O) groups is 1. The van der Waals surface area contributed by atoms with Crippen LogP contribution in [0.1, 0.15) is 16.1 Å². The van der Waals surface area contributed by atoms with Gasteiger partial charge in [-0.1, -0.05) is 66.2 Å². The van der Waals surface area contributed by atoms with E-state index in [4.69, 9.17) is 24.4 Å². The minimum absolute atomic E-state index is 0.0962. The molecule has 1 aromatic heterocycles. The van der Waals surface area contributed by atoms with Gasteiger partial charge in [-0.15, -0.1) is 0 Å². The Kier molecular flexibility index (Phi) is 8.67. The van der Waals surface area contributed by atoms with Crippen molar-refractivity contribution in [3.63, 3.8) is 0 Å². The molecule has 0 spiro atoms. The average Bonchev–Trinajstić information content (AvgIpc) is 2.66. The summed E-state index contributed by atoms with van der Waals surface area (Å²) in [5, 5.41) is 0.975. The van der Waals surface area contributed by atoms with E-state index in [0.717, 1.165) is 25.2 Å². The number of hydrogen-bond donors (Lipinski definition) is 0. The van der Waals surface area contributed by atoms with Gasteiger partial charge in [0, 0.05) is 62.3 Å². The number of Topliss-reactive ketones (excluding diaryl/α,β-unsaturated/α-hetero) is 1. The zero-order chi connectivity index (χ0) is 20.8. The van der Waals surface area contributed by atoms with E-state index in [1.165, 1.54) is 23.5 Å². The van der Waals surface area contributed by atoms with E-state index in [1.54, 1.807) is 0 Å². The first-order chi connectivity index (χ1) is 13.2. The van der Waals surface area contributed by atoms with Crippen molar-refractivity contribution in [2.45, 2.75) is 6.92 Å². The van der Waals surface area contributed by atoms with Crippen molar-refractivity contribution in [2.24, 2.45) is 5.92 Å². The predicted octanol–water partition coefficient (Wildman–Crippen LogP) is 4.50. The van der Waals surface area contributed by atoms with Crippen molar-refractivity contribution in [2.75, 3.05) is 39.7 Å². The molecule has 0 fully saturated rings. The lowest BCUT2D eigenvalue weighted by molar-refractivity contribution is 0.0943. The van der Waals surface area contributed by atoms with Gasteiger partial charge in [-0.3, -0.25) is 9.78 Å². The first-order valence-corrected chi connectivity index (χ1v) is 11.6. The van der Waals surface area contributed by atoms with Crippen LogP contribution in [0.3, 0.4) is 0 Å². The Balaban J connectivity index is 2.27. The number of thiocarbonyl (C=S) groups is 2. The van der Waals surface area contributed by atoms with Crippen LogP contribution < -0.4 is 0 Å². The van der Waals surface area contributed by atoms with Crippen molar-refractivity contribution < 1.29 is 4.79 Å². The van der Waals surface area contributed by atoms with Crippen molar-refractivity contribution in [3.8, 4) is 0 Å². The predicted molar refractivity (Wildman–Crippen MR) is 132 cm³/mol. The lowest BCUT2D eigenvalue weighted by Crippen LogP contribution is -2.26. The number of aryl methyl sites for hydroxylation is 1. The van der Waals surface area contributed by atoms with Crippen LogP contribution in [0, 0.1) is 12.8 Å². The number of nitrogens with zero attached hydrogens (tertiary/aromatic N) is 3. The molecule has 0 radical (unpaired) electrons. The Morgan fingerprint density at radius 1 is 1.04 bits per heavy atom. The first kappa shape index (κ1) is 23.1. The number of pyridine rings is 1. The summed E-state index contributed by atoms with van der Waals surface area (Å²) in [4.78, 5) is 21.8. The smallest absolute Gasteiger partial charge is 0.169 e. The molecule has 1 heterocycles. The lowest BCUT2D eigenvalue weighted by Gasteiger charge is -2.20. The molecule has 4 nitrogen and oxygen atoms in total. The van der Waals surface area contributed by atoms with Gasteiger partial charge in [-0.05, 0) is 19.1 Å². The fourth-order valence-electron chi connectivity index (χ4n) is 2.48. The van der Waals surface area contributed by atoms with E-state index in [1.807, 2.05) is 75.2 Å². The Morgan fingerprint density at radius 2 is 1.57 bits per heavy atom. The van der Waals surface area contributed by atoms with E-state index in [-0.39, 0.29) is 11.7 Å². The van der Waals surface area contributed by atoms with Crippen LogP contribution in [0.4, 0.5) is 0 Å². The molecule has 0 bridgehead atoms. The van der Waals surface area contributed by atoms with Crippen LogP contribution >= 0.6 is 48.0 Å². The quantitative estimate of drug-likeness (QED) is 0.469. The summed E-state index contributed by atoms with van der Waals surface area (Å²) in [7, 11) is 7.66. The van der Waals surface area contributed by atoms with Crippen molar-refractivity contribution in [1.29, 1.82) is 0 Å². The molecular formula is C20H25N3OS4. The summed E-state index contributed by atoms with van der Waals surface area (Å²) in [6.07, 6.45) is 0. The number of fused-ring (bicyclic) bond motifs is 1. The van der Waals surface area contributed by atoms with Crippen LogP contribution in [0.15, 0.2) is 30.3 Å². The minimum atomic E-state index is -0.201. The van der Waals surface area contributed by atoms with Crippen molar-refractivity contribution in [3.05, 3.63) is 41.6 Å². The monoisotopic (exact) mass is 451 g/mol. The Hall–Kier alpha value is -1.22. The van der Waals surface area contributed by atoms with Crippen LogP contribution in [0.2, 0.25) is 0 Å². The number of rotatable bonds is 6. The SMILES string of the molecule is Cc1nc2ccccc2cc1C(=O)C(CSC(=S)N(C)C)CSC(=S)N(C)C. The number of benzene rings is 1. The summed E-state index contributed by atoms with van der Waals surface area (Å²) in [6, 6.07) is 9.82. The summed E-state index contributed by atoms with van der Waals surface area (Å²) in [5.41, 5.74) is 2.34. The molecule has 1 aromatic carbocycles. The number of aromatic nitrogens is 1. The standard InChI is InChI=1S/C20H25N3OS4/c1-13-16(10-14-8-6-7-9-17(14)21-13)18(24)15(11-27-19(25)22(2)3)12-28-20(26)23(4)5/h6-10,15H,11-12H2,1-5H3. The fraction of sp³-hybridized carbons (Fsp3) is 0.400. The van der Waals surface area contributed by atoms with Crippen molar-refractivity contribution >= 4 is 73.3 Å². The number of para-hydroxylation sites is 1. The van der Waals surface area contributed by atoms with Gasteiger partial charge < -0.3 is 9.80 Å². The average molecular weight is 452 g/mol. The van der Waals surface area contributed by atoms with Gasteiger partial charge in [0.15, 0.2) is 5.78 Å². The van der Waals surface area contributed by atoms with Gasteiger partial charge in [0.05, 0.1) is 5.52 Å². The molecule has 2 rings (SSSR count). The Labute approximate surface area is 186 Å². The third-order valence-corrected chi connectivity index (χ3v) is 7.90. The van der Waals surface area contributed by atoms with Crippen LogP contribution in [-0.2, 0) is 0 Å². The molecule has 2 aromatic rings. The van der Waals surface area contributed by atoms with Crippen LogP contribution in [0.25, 0.3) is 10.9 Å². The second kappa shape index (κ2) is 10.5.